The summed E-state index contributed by atoms with van der Waals surface area (Å²) < 4.78 is 0. The number of nitrogens with two attached hydrogens (primary N) is 1. The first-order chi connectivity index (χ1) is 8.52. The van der Waals surface area contributed by atoms with Gasteiger partial charge in [-0.1, -0.05) is 0 Å². The zero-order chi connectivity index (χ0) is 13.3. The fraction of sp³-hybridized carbons (Fsp3) is 0.583. The summed E-state index contributed by atoms with van der Waals surface area (Å²) in [6.45, 7) is 5.53. The normalized spacial score (nSPS) is 17.2. The number of aromatic nitrogens is 2. The van der Waals surface area contributed by atoms with E-state index in [9.17, 15) is 4.79 Å². The largest absolute Gasteiger partial charge is 0.355 e. The molecule has 0 aromatic carbocycles. The average molecular weight is 322 g/mol. The average Bonchev–Trinajstić information content (AvgIpc) is 2.78. The molecule has 0 spiro atoms. The van der Waals surface area contributed by atoms with E-state index in [-0.39, 0.29) is 42.6 Å². The van der Waals surface area contributed by atoms with E-state index in [0.717, 1.165) is 36.6 Å². The lowest BCUT2D eigenvalue weighted by Crippen LogP contribution is -2.29. The topological polar surface area (TPSA) is 84.1 Å². The third-order valence-electron chi connectivity index (χ3n) is 3.32. The molecule has 1 aliphatic heterocycles. The molecule has 2 rings (SSSR count). The highest BCUT2D eigenvalue weighted by atomic mass is 35.5. The van der Waals surface area contributed by atoms with Crippen LogP contribution in [0, 0.1) is 13.8 Å². The molecule has 1 saturated heterocycles. The molecule has 0 aliphatic carbocycles. The van der Waals surface area contributed by atoms with Crippen molar-refractivity contribution in [2.45, 2.75) is 26.3 Å². The number of rotatable bonds is 2. The summed E-state index contributed by atoms with van der Waals surface area (Å²) in [5, 5.41) is 2.55. The summed E-state index contributed by atoms with van der Waals surface area (Å²) in [5.74, 6) is 0.785. The molecule has 0 saturated carbocycles. The van der Waals surface area contributed by atoms with Crippen molar-refractivity contribution in [1.82, 2.24) is 15.3 Å². The Labute approximate surface area is 131 Å². The summed E-state index contributed by atoms with van der Waals surface area (Å²) in [4.78, 5) is 22.3. The van der Waals surface area contributed by atoms with Gasteiger partial charge >= 0.3 is 0 Å². The second-order valence-corrected chi connectivity index (χ2v) is 4.66. The van der Waals surface area contributed by atoms with Crippen LogP contribution in [0.4, 0.5) is 5.82 Å². The molecule has 0 radical (unpaired) electrons. The molecule has 0 unspecified atom stereocenters. The second kappa shape index (κ2) is 7.61. The van der Waals surface area contributed by atoms with Gasteiger partial charge in [-0.05, 0) is 20.3 Å². The smallest absolute Gasteiger partial charge is 0.288 e. The Hall–Kier alpha value is -1.11. The van der Waals surface area contributed by atoms with Crippen molar-refractivity contribution in [2.75, 3.05) is 25.0 Å². The minimum atomic E-state index is -0.261. The highest BCUT2D eigenvalue weighted by Crippen LogP contribution is 2.23. The fourth-order valence-electron chi connectivity index (χ4n) is 2.11. The van der Waals surface area contributed by atoms with Crippen LogP contribution in [0.3, 0.4) is 0 Å². The first kappa shape index (κ1) is 18.9. The molecular formula is C12H21Cl2N5O. The number of amides is 1. The minimum absolute atomic E-state index is 0. The van der Waals surface area contributed by atoms with E-state index in [4.69, 9.17) is 5.73 Å². The zero-order valence-electron chi connectivity index (χ0n) is 11.8. The summed E-state index contributed by atoms with van der Waals surface area (Å²) in [6.07, 6.45) is 0.956. The van der Waals surface area contributed by atoms with E-state index < -0.39 is 0 Å². The van der Waals surface area contributed by atoms with Crippen molar-refractivity contribution in [1.29, 1.82) is 0 Å². The Balaban J connectivity index is 0.00000180. The van der Waals surface area contributed by atoms with Gasteiger partial charge in [0, 0.05) is 37.4 Å². The monoisotopic (exact) mass is 321 g/mol. The molecule has 0 bridgehead atoms. The number of aryl methyl sites for hydroxylation is 1. The van der Waals surface area contributed by atoms with Crippen molar-refractivity contribution in [3.05, 3.63) is 17.1 Å². The van der Waals surface area contributed by atoms with Gasteiger partial charge in [0.2, 0.25) is 5.82 Å². The highest BCUT2D eigenvalue weighted by Gasteiger charge is 2.24. The predicted octanol–water partition coefficient (Wildman–Crippen LogP) is 0.834. The van der Waals surface area contributed by atoms with E-state index in [2.05, 4.69) is 20.2 Å². The SMILES string of the molecule is CNC(=O)c1nc(C)c(C)c(N2CC[C@@H](N)C2)n1.Cl.Cl. The molecule has 1 atom stereocenters. The molecule has 1 amide bonds. The second-order valence-electron chi connectivity index (χ2n) is 4.66. The summed E-state index contributed by atoms with van der Waals surface area (Å²) in [5.41, 5.74) is 7.75. The van der Waals surface area contributed by atoms with Gasteiger partial charge in [0.1, 0.15) is 5.82 Å². The molecule has 2 heterocycles. The number of anilines is 1. The Kier molecular flexibility index (Phi) is 7.19. The quantitative estimate of drug-likeness (QED) is 0.843. The maximum absolute atomic E-state index is 11.6. The van der Waals surface area contributed by atoms with Crippen molar-refractivity contribution in [3.63, 3.8) is 0 Å². The molecule has 1 aromatic heterocycles. The number of carbonyl (C=O) groups excluding carboxylic acids is 1. The van der Waals surface area contributed by atoms with Gasteiger partial charge in [0.25, 0.3) is 5.91 Å². The maximum atomic E-state index is 11.6. The molecule has 1 aliphatic rings. The van der Waals surface area contributed by atoms with Crippen molar-refractivity contribution in [2.24, 2.45) is 5.73 Å². The lowest BCUT2D eigenvalue weighted by atomic mass is 10.2. The van der Waals surface area contributed by atoms with E-state index in [0.29, 0.717) is 0 Å². The predicted molar refractivity (Wildman–Crippen MR) is 84.2 cm³/mol. The Morgan fingerprint density at radius 1 is 1.35 bits per heavy atom. The van der Waals surface area contributed by atoms with Crippen molar-refractivity contribution < 1.29 is 4.79 Å². The van der Waals surface area contributed by atoms with Crippen LogP contribution in [0.15, 0.2) is 0 Å². The van der Waals surface area contributed by atoms with Crippen LogP contribution in [-0.4, -0.2) is 42.1 Å². The fourth-order valence-corrected chi connectivity index (χ4v) is 2.11. The highest BCUT2D eigenvalue weighted by molar-refractivity contribution is 5.90. The molecule has 8 heteroatoms. The lowest BCUT2D eigenvalue weighted by Gasteiger charge is -2.20. The Bertz CT molecular complexity index is 483. The first-order valence-electron chi connectivity index (χ1n) is 6.10. The van der Waals surface area contributed by atoms with E-state index in [1.807, 2.05) is 13.8 Å². The van der Waals surface area contributed by atoms with Gasteiger partial charge in [0.15, 0.2) is 0 Å². The van der Waals surface area contributed by atoms with E-state index in [1.165, 1.54) is 0 Å². The Morgan fingerprint density at radius 2 is 2.00 bits per heavy atom. The van der Waals surface area contributed by atoms with Crippen LogP contribution in [-0.2, 0) is 0 Å². The number of nitrogens with one attached hydrogen (secondary N) is 1. The van der Waals surface area contributed by atoms with Gasteiger partial charge in [-0.3, -0.25) is 4.79 Å². The number of hydrogen-bond donors (Lipinski definition) is 2. The number of carbonyl (C=O) groups is 1. The number of nitrogens with zero attached hydrogens (tertiary/aromatic N) is 3. The summed E-state index contributed by atoms with van der Waals surface area (Å²) >= 11 is 0. The third-order valence-corrected chi connectivity index (χ3v) is 3.32. The van der Waals surface area contributed by atoms with Crippen LogP contribution in [0.2, 0.25) is 0 Å². The van der Waals surface area contributed by atoms with Crippen LogP contribution in [0.25, 0.3) is 0 Å². The lowest BCUT2D eigenvalue weighted by molar-refractivity contribution is 0.0952. The maximum Gasteiger partial charge on any atom is 0.288 e. The molecule has 6 nitrogen and oxygen atoms in total. The van der Waals surface area contributed by atoms with Crippen LogP contribution < -0.4 is 16.0 Å². The minimum Gasteiger partial charge on any atom is -0.355 e. The molecule has 114 valence electrons. The van der Waals surface area contributed by atoms with Gasteiger partial charge in [-0.25, -0.2) is 9.97 Å². The summed E-state index contributed by atoms with van der Waals surface area (Å²) in [6, 6.07) is 0.183. The molecular weight excluding hydrogens is 301 g/mol. The number of halogens is 2. The Morgan fingerprint density at radius 3 is 2.50 bits per heavy atom. The molecule has 1 fully saturated rings. The molecule has 20 heavy (non-hydrogen) atoms. The van der Waals surface area contributed by atoms with Crippen molar-refractivity contribution >= 4 is 36.5 Å². The van der Waals surface area contributed by atoms with E-state index >= 15 is 0 Å². The van der Waals surface area contributed by atoms with Gasteiger partial charge in [0.05, 0.1) is 0 Å². The van der Waals surface area contributed by atoms with Crippen LogP contribution in [0.5, 0.6) is 0 Å². The summed E-state index contributed by atoms with van der Waals surface area (Å²) in [7, 11) is 1.58. The van der Waals surface area contributed by atoms with Crippen LogP contribution in [0.1, 0.15) is 28.3 Å². The number of hydrogen-bond acceptors (Lipinski definition) is 5. The first-order valence-corrected chi connectivity index (χ1v) is 6.10. The third kappa shape index (κ3) is 3.71. The molecule has 1 aromatic rings. The van der Waals surface area contributed by atoms with Gasteiger partial charge in [-0.2, -0.15) is 0 Å². The van der Waals surface area contributed by atoms with Crippen LogP contribution >= 0.6 is 24.8 Å². The molecule has 3 N–H and O–H groups in total. The standard InChI is InChI=1S/C12H19N5O.2ClH/c1-7-8(2)15-10(12(18)14-3)16-11(7)17-5-4-9(13)6-17;;/h9H,4-6,13H2,1-3H3,(H,14,18);2*1H/t9-;;/m1../s1. The van der Waals surface area contributed by atoms with Gasteiger partial charge in [-0.15, -0.1) is 24.8 Å². The van der Waals surface area contributed by atoms with E-state index in [1.54, 1.807) is 7.05 Å². The van der Waals surface area contributed by atoms with Crippen molar-refractivity contribution in [3.8, 4) is 0 Å². The van der Waals surface area contributed by atoms with Gasteiger partial charge < -0.3 is 16.0 Å². The zero-order valence-corrected chi connectivity index (χ0v) is 13.5.